The highest BCUT2D eigenvalue weighted by Gasteiger charge is 2.12. The van der Waals surface area contributed by atoms with Crippen LogP contribution in [-0.4, -0.2) is 34.3 Å². The molecule has 7 nitrogen and oxygen atoms in total. The molecule has 0 atom stereocenters. The number of aromatic nitrogens is 7. The minimum Gasteiger partial charge on any atom is -0.253 e. The predicted octanol–water partition coefficient (Wildman–Crippen LogP) is 2.32. The number of nitrogens with zero attached hydrogens (tertiary/aromatic N) is 7. The molecule has 7 heteroatoms. The fourth-order valence-corrected chi connectivity index (χ4v) is 2.81. The van der Waals surface area contributed by atoms with E-state index in [9.17, 15) is 0 Å². The predicted molar refractivity (Wildman–Crippen MR) is 94.1 cm³/mol. The number of benzene rings is 1. The van der Waals surface area contributed by atoms with Gasteiger partial charge in [0.2, 0.25) is 0 Å². The van der Waals surface area contributed by atoms with Crippen molar-refractivity contribution in [2.75, 3.05) is 0 Å². The maximum absolute atomic E-state index is 4.66. The number of aryl methyl sites for hydroxylation is 5. The topological polar surface area (TPSA) is 73.8 Å². The van der Waals surface area contributed by atoms with E-state index >= 15 is 0 Å². The van der Waals surface area contributed by atoms with Crippen LogP contribution in [0.1, 0.15) is 23.0 Å². The van der Waals surface area contributed by atoms with Gasteiger partial charge in [-0.3, -0.25) is 4.68 Å². The Labute approximate surface area is 145 Å². The lowest BCUT2D eigenvalue weighted by Crippen LogP contribution is -2.03. The molecule has 4 rings (SSSR count). The number of fused-ring (bicyclic) bond motifs is 1. The van der Waals surface area contributed by atoms with E-state index in [0.29, 0.717) is 6.42 Å². The van der Waals surface area contributed by atoms with Crippen molar-refractivity contribution in [3.63, 3.8) is 0 Å². The van der Waals surface area contributed by atoms with Crippen molar-refractivity contribution in [2.24, 2.45) is 7.05 Å². The number of hydrogen-bond acceptors (Lipinski definition) is 5. The molecule has 0 amide bonds. The Balaban J connectivity index is 1.57. The fourth-order valence-electron chi connectivity index (χ4n) is 2.81. The lowest BCUT2D eigenvalue weighted by molar-refractivity contribution is 0.682. The van der Waals surface area contributed by atoms with Crippen LogP contribution in [0.2, 0.25) is 0 Å². The Morgan fingerprint density at radius 2 is 1.76 bits per heavy atom. The van der Waals surface area contributed by atoms with E-state index in [1.807, 2.05) is 62.1 Å². The van der Waals surface area contributed by atoms with Crippen molar-refractivity contribution in [1.29, 1.82) is 0 Å². The van der Waals surface area contributed by atoms with Gasteiger partial charge < -0.3 is 0 Å². The molecule has 0 radical (unpaired) electrons. The zero-order valence-electron chi connectivity index (χ0n) is 14.5. The summed E-state index contributed by atoms with van der Waals surface area (Å²) in [5.74, 6) is 3.30. The first-order valence-electron chi connectivity index (χ1n) is 8.25. The number of rotatable bonds is 4. The molecule has 0 saturated heterocycles. The van der Waals surface area contributed by atoms with Crippen LogP contribution in [-0.2, 0) is 19.9 Å². The fraction of sp³-hybridized carbons (Fsp3) is 0.278. The molecule has 0 fully saturated rings. The van der Waals surface area contributed by atoms with Crippen LogP contribution in [0.15, 0.2) is 36.5 Å². The molecule has 1 aromatic carbocycles. The maximum atomic E-state index is 4.66. The molecule has 25 heavy (non-hydrogen) atoms. The van der Waals surface area contributed by atoms with Crippen LogP contribution in [0.3, 0.4) is 0 Å². The van der Waals surface area contributed by atoms with E-state index in [4.69, 9.17) is 0 Å². The monoisotopic (exact) mass is 333 g/mol. The maximum Gasteiger partial charge on any atom is 0.181 e. The second-order valence-corrected chi connectivity index (χ2v) is 6.09. The number of hydrogen-bond donors (Lipinski definition) is 0. The average molecular weight is 333 g/mol. The molecule has 0 N–H and O–H groups in total. The quantitative estimate of drug-likeness (QED) is 0.573. The van der Waals surface area contributed by atoms with Crippen LogP contribution in [0.5, 0.6) is 0 Å². The largest absolute Gasteiger partial charge is 0.253 e. The van der Waals surface area contributed by atoms with Crippen molar-refractivity contribution >= 4 is 5.65 Å². The van der Waals surface area contributed by atoms with Crippen molar-refractivity contribution in [1.82, 2.24) is 34.3 Å². The highest BCUT2D eigenvalue weighted by Crippen LogP contribution is 2.15. The van der Waals surface area contributed by atoms with Gasteiger partial charge >= 0.3 is 0 Å². The molecule has 0 unspecified atom stereocenters. The lowest BCUT2D eigenvalue weighted by atomic mass is 10.2. The molecular weight excluding hydrogens is 314 g/mol. The molecule has 126 valence electrons. The van der Waals surface area contributed by atoms with Crippen molar-refractivity contribution in [3.05, 3.63) is 59.6 Å². The average Bonchev–Trinajstić information content (AvgIpc) is 3.22. The molecule has 0 bridgehead atoms. The van der Waals surface area contributed by atoms with E-state index in [0.717, 1.165) is 46.5 Å². The first-order chi connectivity index (χ1) is 12.1. The van der Waals surface area contributed by atoms with Crippen LogP contribution in [0.4, 0.5) is 0 Å². The third-order valence-electron chi connectivity index (χ3n) is 4.21. The minimum absolute atomic E-state index is 0.710. The summed E-state index contributed by atoms with van der Waals surface area (Å²) in [6.45, 7) is 3.93. The lowest BCUT2D eigenvalue weighted by Gasteiger charge is -1.97. The van der Waals surface area contributed by atoms with Gasteiger partial charge in [-0.05, 0) is 13.8 Å². The first kappa shape index (κ1) is 15.4. The van der Waals surface area contributed by atoms with E-state index < -0.39 is 0 Å². The second kappa shape index (κ2) is 6.08. The zero-order chi connectivity index (χ0) is 17.4. The van der Waals surface area contributed by atoms with Crippen LogP contribution in [0, 0.1) is 13.8 Å². The summed E-state index contributed by atoms with van der Waals surface area (Å²) < 4.78 is 3.63. The summed E-state index contributed by atoms with van der Waals surface area (Å²) in [6.07, 6.45) is 3.28. The zero-order valence-corrected chi connectivity index (χ0v) is 14.5. The van der Waals surface area contributed by atoms with E-state index in [1.165, 1.54) is 0 Å². The molecule has 0 aliphatic heterocycles. The first-order valence-corrected chi connectivity index (χ1v) is 8.25. The Morgan fingerprint density at radius 1 is 0.960 bits per heavy atom. The van der Waals surface area contributed by atoms with Gasteiger partial charge in [-0.15, -0.1) is 5.10 Å². The van der Waals surface area contributed by atoms with Crippen LogP contribution >= 0.6 is 0 Å². The van der Waals surface area contributed by atoms with E-state index in [2.05, 4.69) is 25.1 Å². The molecule has 0 aliphatic carbocycles. The van der Waals surface area contributed by atoms with E-state index in [-0.39, 0.29) is 0 Å². The van der Waals surface area contributed by atoms with Gasteiger partial charge in [-0.2, -0.15) is 9.61 Å². The van der Waals surface area contributed by atoms with Gasteiger partial charge in [-0.25, -0.2) is 15.0 Å². The van der Waals surface area contributed by atoms with Gasteiger partial charge in [0, 0.05) is 37.2 Å². The summed E-state index contributed by atoms with van der Waals surface area (Å²) in [4.78, 5) is 13.6. The summed E-state index contributed by atoms with van der Waals surface area (Å²) in [5.41, 5.74) is 2.91. The third-order valence-corrected chi connectivity index (χ3v) is 4.21. The molecule has 0 spiro atoms. The van der Waals surface area contributed by atoms with E-state index in [1.54, 1.807) is 4.52 Å². The minimum atomic E-state index is 0.710. The molecule has 3 heterocycles. The third kappa shape index (κ3) is 2.88. The highest BCUT2D eigenvalue weighted by atomic mass is 15.3. The van der Waals surface area contributed by atoms with Gasteiger partial charge in [0.1, 0.15) is 11.6 Å². The second-order valence-electron chi connectivity index (χ2n) is 6.09. The molecular formula is C18H19N7. The highest BCUT2D eigenvalue weighted by molar-refractivity contribution is 5.54. The standard InChI is InChI=1S/C18H19N7/c1-12-11-19-13(2)25-18(12)20-15(22-25)9-10-16-21-17(23-24(16)3)14-7-5-4-6-8-14/h4-8,11H,9-10H2,1-3H3. The van der Waals surface area contributed by atoms with Crippen LogP contribution in [0.25, 0.3) is 17.0 Å². The molecule has 0 saturated carbocycles. The van der Waals surface area contributed by atoms with Gasteiger partial charge in [0.05, 0.1) is 0 Å². The molecule has 4 aromatic rings. The summed E-state index contributed by atoms with van der Waals surface area (Å²) in [6, 6.07) is 10.00. The Morgan fingerprint density at radius 3 is 2.52 bits per heavy atom. The molecule has 0 aliphatic rings. The van der Waals surface area contributed by atoms with Gasteiger partial charge in [0.15, 0.2) is 17.3 Å². The molecule has 3 aromatic heterocycles. The van der Waals surface area contributed by atoms with Crippen molar-refractivity contribution in [3.8, 4) is 11.4 Å². The van der Waals surface area contributed by atoms with Crippen molar-refractivity contribution in [2.45, 2.75) is 26.7 Å². The summed E-state index contributed by atoms with van der Waals surface area (Å²) in [7, 11) is 1.92. The van der Waals surface area contributed by atoms with Gasteiger partial charge in [0.25, 0.3) is 0 Å². The SMILES string of the molecule is Cc1cnc(C)n2nc(CCc3nc(-c4ccccc4)nn3C)nc12. The summed E-state index contributed by atoms with van der Waals surface area (Å²) >= 11 is 0. The normalized spacial score (nSPS) is 11.3. The Bertz CT molecular complexity index is 991. The Kier molecular flexibility index (Phi) is 3.76. The Hall–Kier alpha value is -3.09. The van der Waals surface area contributed by atoms with Crippen molar-refractivity contribution < 1.29 is 0 Å². The smallest absolute Gasteiger partial charge is 0.181 e. The van der Waals surface area contributed by atoms with Gasteiger partial charge in [-0.1, -0.05) is 30.3 Å². The summed E-state index contributed by atoms with van der Waals surface area (Å²) in [5, 5.41) is 9.08. The van der Waals surface area contributed by atoms with Crippen LogP contribution < -0.4 is 0 Å².